The van der Waals surface area contributed by atoms with E-state index in [1.807, 2.05) is 36.6 Å². The fourth-order valence-corrected chi connectivity index (χ4v) is 9.54. The van der Waals surface area contributed by atoms with Crippen molar-refractivity contribution < 1.29 is 53.1 Å². The Morgan fingerprint density at radius 2 is 1.75 bits per heavy atom. The number of aliphatic carboxylic acids is 2. The van der Waals surface area contributed by atoms with Gasteiger partial charge in [0.15, 0.2) is 12.2 Å². The molecule has 15 heteroatoms. The number of benzene rings is 2. The Labute approximate surface area is 304 Å². The number of thioether (sulfide) groups is 1. The lowest BCUT2D eigenvalue weighted by Gasteiger charge is -2.49. The number of carbonyl (C=O) groups excluding carboxylic acids is 3. The number of β-lactam (4-membered cyclic amide) rings is 1. The van der Waals surface area contributed by atoms with Crippen LogP contribution in [0.4, 0.5) is 0 Å². The number of thiophene rings is 1. The van der Waals surface area contributed by atoms with Gasteiger partial charge in [0.1, 0.15) is 46.7 Å². The number of nitrogens with one attached hydrogen (secondary N) is 1. The number of hydrogen-bond acceptors (Lipinski definition) is 11. The van der Waals surface area contributed by atoms with Gasteiger partial charge in [-0.1, -0.05) is 37.3 Å². The summed E-state index contributed by atoms with van der Waals surface area (Å²) in [5.41, 5.74) is -0.887. The van der Waals surface area contributed by atoms with E-state index in [1.54, 1.807) is 48.6 Å². The number of ether oxygens (including phenoxy) is 4. The molecule has 1 aromatic heterocycles. The summed E-state index contributed by atoms with van der Waals surface area (Å²) in [6, 6.07) is 12.7. The van der Waals surface area contributed by atoms with Crippen LogP contribution in [0.5, 0.6) is 23.0 Å². The molecule has 8 rings (SSSR count). The number of rotatable bonds is 10. The van der Waals surface area contributed by atoms with E-state index in [2.05, 4.69) is 5.32 Å². The van der Waals surface area contributed by atoms with Crippen LogP contribution in [-0.4, -0.2) is 75.2 Å². The highest BCUT2D eigenvalue weighted by molar-refractivity contribution is 8.00. The van der Waals surface area contributed by atoms with E-state index in [4.69, 9.17) is 24.1 Å². The van der Waals surface area contributed by atoms with Crippen molar-refractivity contribution in [2.45, 2.75) is 30.4 Å². The molecule has 3 aromatic rings. The molecular weight excluding hydrogens is 713 g/mol. The van der Waals surface area contributed by atoms with Gasteiger partial charge in [0.2, 0.25) is 5.91 Å². The number of hydrogen-bond donors (Lipinski definition) is 3. The monoisotopic (exact) mass is 742 g/mol. The third kappa shape index (κ3) is 5.25. The molecule has 2 aromatic carbocycles. The van der Waals surface area contributed by atoms with Crippen molar-refractivity contribution in [1.82, 2.24) is 10.2 Å². The molecule has 0 bridgehead atoms. The fraction of sp³-hybridized carbons (Fsp3) is 0.270. The third-order valence-electron chi connectivity index (χ3n) is 9.91. The largest absolute Gasteiger partial charge is 0.489 e. The molecule has 2 saturated heterocycles. The molecular formula is C37H30N2O11S2. The molecule has 5 unspecified atom stereocenters. The first-order chi connectivity index (χ1) is 25.0. The maximum atomic E-state index is 13.4. The maximum absolute atomic E-state index is 13.4. The molecule has 3 N–H and O–H groups in total. The highest BCUT2D eigenvalue weighted by Gasteiger charge is 2.67. The summed E-state index contributed by atoms with van der Waals surface area (Å²) < 4.78 is 24.2. The predicted octanol–water partition coefficient (Wildman–Crippen LogP) is 4.23. The summed E-state index contributed by atoms with van der Waals surface area (Å²) in [5.74, 6) is -2.85. The second-order valence-corrected chi connectivity index (χ2v) is 15.1. The molecule has 5 aliphatic rings. The normalized spacial score (nSPS) is 26.3. The number of nitrogens with zero attached hydrogens (tertiary/aromatic N) is 1. The quantitative estimate of drug-likeness (QED) is 0.199. The van der Waals surface area contributed by atoms with Crippen LogP contribution >= 0.6 is 23.1 Å². The van der Waals surface area contributed by atoms with Gasteiger partial charge in [-0.2, -0.15) is 0 Å². The van der Waals surface area contributed by atoms with E-state index < -0.39 is 58.8 Å². The molecule has 13 nitrogen and oxygen atoms in total. The molecule has 266 valence electrons. The van der Waals surface area contributed by atoms with E-state index in [-0.39, 0.29) is 36.1 Å². The van der Waals surface area contributed by atoms with Crippen LogP contribution in [0.15, 0.2) is 89.5 Å². The highest BCUT2D eigenvalue weighted by atomic mass is 32.2. The minimum atomic E-state index is -1.33. The molecule has 1 aliphatic carbocycles. The zero-order chi connectivity index (χ0) is 36.4. The van der Waals surface area contributed by atoms with E-state index in [0.717, 1.165) is 4.88 Å². The summed E-state index contributed by atoms with van der Waals surface area (Å²) in [5, 5.41) is 23.4. The minimum Gasteiger partial charge on any atom is -0.489 e. The summed E-state index contributed by atoms with van der Waals surface area (Å²) in [4.78, 5) is 64.9. The third-order valence-corrected chi connectivity index (χ3v) is 12.1. The second-order valence-electron chi connectivity index (χ2n) is 13.0. The summed E-state index contributed by atoms with van der Waals surface area (Å²) >= 11 is 2.78. The number of esters is 1. The molecule has 2 amide bonds. The minimum absolute atomic E-state index is 0.131. The molecule has 1 spiro atoms. The van der Waals surface area contributed by atoms with E-state index in [9.17, 15) is 29.1 Å². The number of amides is 2. The van der Waals surface area contributed by atoms with Gasteiger partial charge >= 0.3 is 17.9 Å². The topological polar surface area (TPSA) is 178 Å². The Kier molecular flexibility index (Phi) is 8.14. The van der Waals surface area contributed by atoms with E-state index in [1.165, 1.54) is 28.0 Å². The average Bonchev–Trinajstić information content (AvgIpc) is 3.71. The van der Waals surface area contributed by atoms with Crippen LogP contribution in [0.3, 0.4) is 0 Å². The number of carboxylic acids is 2. The summed E-state index contributed by atoms with van der Waals surface area (Å²) in [7, 11) is 0. The molecule has 0 radical (unpaired) electrons. The van der Waals surface area contributed by atoms with Gasteiger partial charge < -0.3 is 34.5 Å². The van der Waals surface area contributed by atoms with Crippen molar-refractivity contribution in [3.05, 3.63) is 105 Å². The van der Waals surface area contributed by atoms with Crippen molar-refractivity contribution >= 4 is 52.8 Å². The van der Waals surface area contributed by atoms with Crippen LogP contribution in [0.25, 0.3) is 0 Å². The van der Waals surface area contributed by atoms with E-state index in [0.29, 0.717) is 33.9 Å². The van der Waals surface area contributed by atoms with Crippen molar-refractivity contribution in [3.63, 3.8) is 0 Å². The second kappa shape index (κ2) is 12.6. The van der Waals surface area contributed by atoms with Crippen molar-refractivity contribution in [2.75, 3.05) is 19.0 Å². The molecule has 5 heterocycles. The van der Waals surface area contributed by atoms with Crippen LogP contribution in [0, 0.1) is 11.3 Å². The number of carboxylic acid groups (broad SMARTS) is 2. The van der Waals surface area contributed by atoms with Gasteiger partial charge in [0.05, 0.1) is 17.8 Å². The van der Waals surface area contributed by atoms with E-state index >= 15 is 0 Å². The van der Waals surface area contributed by atoms with Crippen LogP contribution in [-0.2, 0) is 40.7 Å². The van der Waals surface area contributed by atoms with Crippen molar-refractivity contribution in [2.24, 2.45) is 11.3 Å². The number of allylic oxidation sites excluding steroid dienone is 2. The van der Waals surface area contributed by atoms with Crippen molar-refractivity contribution in [1.29, 1.82) is 0 Å². The Balaban J connectivity index is 1.07. The number of fused-ring (bicyclic) bond motifs is 7. The number of carbonyl (C=O) groups is 5. The molecule has 0 saturated carbocycles. The smallest absolute Gasteiger partial charge is 0.352 e. The zero-order valence-corrected chi connectivity index (χ0v) is 29.0. The molecule has 4 aliphatic heterocycles. The first-order valence-corrected chi connectivity index (χ1v) is 18.2. The first-order valence-electron chi connectivity index (χ1n) is 16.2. The van der Waals surface area contributed by atoms with Crippen LogP contribution in [0.1, 0.15) is 22.9 Å². The first kappa shape index (κ1) is 33.6. The average molecular weight is 743 g/mol. The Morgan fingerprint density at radius 1 is 1.02 bits per heavy atom. The molecule has 5 atom stereocenters. The van der Waals surface area contributed by atoms with Crippen molar-refractivity contribution in [3.8, 4) is 23.0 Å². The lowest BCUT2D eigenvalue weighted by molar-refractivity contribution is -0.150. The Hall–Kier alpha value is -5.54. The van der Waals surface area contributed by atoms with Gasteiger partial charge in [-0.25, -0.2) is 9.59 Å². The highest BCUT2D eigenvalue weighted by Crippen LogP contribution is 2.65. The molecule has 2 fully saturated rings. The SMILES string of the molecule is CC12C=CC=CC1C(=O)OC21c2ccc(OCC(=O)O)cc2Oc2cc(OCC3=C(C(=O)O)N4C(=O)C(NC(=O)Cc5cccs5)C4SC3)ccc21. The van der Waals surface area contributed by atoms with Gasteiger partial charge in [0.25, 0.3) is 5.91 Å². The summed E-state index contributed by atoms with van der Waals surface area (Å²) in [6.45, 7) is 1.21. The lowest BCUT2D eigenvalue weighted by Crippen LogP contribution is -2.70. The van der Waals surface area contributed by atoms with Crippen LogP contribution < -0.4 is 19.5 Å². The zero-order valence-electron chi connectivity index (χ0n) is 27.4. The van der Waals surface area contributed by atoms with Crippen LogP contribution in [0.2, 0.25) is 0 Å². The van der Waals surface area contributed by atoms with Gasteiger partial charge in [-0.3, -0.25) is 19.3 Å². The maximum Gasteiger partial charge on any atom is 0.352 e. The van der Waals surface area contributed by atoms with Gasteiger partial charge in [-0.05, 0) is 35.7 Å². The Bertz CT molecular complexity index is 2140. The lowest BCUT2D eigenvalue weighted by atomic mass is 9.60. The van der Waals surface area contributed by atoms with Gasteiger partial charge in [0, 0.05) is 39.5 Å². The Morgan fingerprint density at radius 3 is 2.42 bits per heavy atom. The molecule has 52 heavy (non-hydrogen) atoms. The van der Waals surface area contributed by atoms with Gasteiger partial charge in [-0.15, -0.1) is 23.1 Å². The predicted molar refractivity (Wildman–Crippen MR) is 186 cm³/mol. The standard InChI is InChI=1S/C37H30N2O11S2/c1-36-11-3-2-6-25(36)35(46)50-37(36)23-9-7-20(13-26(23)49-27-14-21(8-10-24(27)37)48-17-29(41)42)47-16-19-18-52-33-30(32(43)39(33)31(19)34(44)45)38-28(40)15-22-5-4-12-51-22/h2-14,25,30,33H,15-18H2,1H3,(H,38,40)(H,41,42)(H,44,45). The fourth-order valence-electron chi connectivity index (χ4n) is 7.51. The summed E-state index contributed by atoms with van der Waals surface area (Å²) in [6.07, 6.45) is 7.54.